The summed E-state index contributed by atoms with van der Waals surface area (Å²) in [5, 5.41) is 5.74. The van der Waals surface area contributed by atoms with E-state index in [2.05, 4.69) is 15.1 Å². The number of aromatic nitrogens is 4. The van der Waals surface area contributed by atoms with Crippen LogP contribution in [0.25, 0.3) is 5.78 Å². The predicted molar refractivity (Wildman–Crippen MR) is 114 cm³/mol. The first kappa shape index (κ1) is 19.2. The SMILES string of the molecule is O=C1C[C@H](c2ccc(F)cc2)Cc2nc3nc(SCc4cccc(Cl)c4)nn3cc21. The maximum absolute atomic E-state index is 13.2. The Bertz CT molecular complexity index is 1260. The van der Waals surface area contributed by atoms with Crippen molar-refractivity contribution < 1.29 is 9.18 Å². The summed E-state index contributed by atoms with van der Waals surface area (Å²) in [5.41, 5.74) is 3.32. The normalized spacial score (nSPS) is 16.1. The molecule has 5 rings (SSSR count). The van der Waals surface area contributed by atoms with Crippen molar-refractivity contribution in [2.24, 2.45) is 0 Å². The number of rotatable bonds is 4. The Morgan fingerprint density at radius 2 is 1.97 bits per heavy atom. The van der Waals surface area contributed by atoms with E-state index in [-0.39, 0.29) is 17.5 Å². The highest BCUT2D eigenvalue weighted by molar-refractivity contribution is 7.98. The van der Waals surface area contributed by atoms with Gasteiger partial charge in [0.2, 0.25) is 5.16 Å². The smallest absolute Gasteiger partial charge is 0.253 e. The van der Waals surface area contributed by atoms with Crippen LogP contribution >= 0.6 is 23.4 Å². The number of thioether (sulfide) groups is 1. The van der Waals surface area contributed by atoms with Gasteiger partial charge in [0.05, 0.1) is 11.3 Å². The summed E-state index contributed by atoms with van der Waals surface area (Å²) in [6.45, 7) is 0. The van der Waals surface area contributed by atoms with E-state index >= 15 is 0 Å². The van der Waals surface area contributed by atoms with Gasteiger partial charge in [0, 0.05) is 23.4 Å². The van der Waals surface area contributed by atoms with Gasteiger partial charge in [-0.05, 0) is 47.7 Å². The zero-order valence-electron chi connectivity index (χ0n) is 15.8. The Morgan fingerprint density at radius 1 is 1.13 bits per heavy atom. The molecule has 0 radical (unpaired) electrons. The number of carbonyl (C=O) groups excluding carboxylic acids is 1. The lowest BCUT2D eigenvalue weighted by Gasteiger charge is -2.23. The molecular formula is C22H16ClFN4OS. The van der Waals surface area contributed by atoms with Crippen molar-refractivity contribution in [1.82, 2.24) is 19.6 Å². The fourth-order valence-corrected chi connectivity index (χ4v) is 4.65. The van der Waals surface area contributed by atoms with E-state index < -0.39 is 0 Å². The molecule has 30 heavy (non-hydrogen) atoms. The van der Waals surface area contributed by atoms with E-state index in [1.54, 1.807) is 22.8 Å². The van der Waals surface area contributed by atoms with Crippen molar-refractivity contribution in [1.29, 1.82) is 0 Å². The van der Waals surface area contributed by atoms with E-state index in [1.807, 2.05) is 24.3 Å². The average molecular weight is 439 g/mol. The molecule has 2 aromatic heterocycles. The predicted octanol–water partition coefficient (Wildman–Crippen LogP) is 5.12. The first-order valence-electron chi connectivity index (χ1n) is 9.47. The second kappa shape index (κ2) is 7.81. The van der Waals surface area contributed by atoms with Gasteiger partial charge in [0.15, 0.2) is 5.78 Å². The van der Waals surface area contributed by atoms with Crippen LogP contribution in [0.1, 0.15) is 39.5 Å². The largest absolute Gasteiger partial charge is 0.294 e. The zero-order chi connectivity index (χ0) is 20.7. The number of hydrogen-bond donors (Lipinski definition) is 0. The molecule has 0 saturated carbocycles. The lowest BCUT2D eigenvalue weighted by atomic mass is 9.82. The maximum Gasteiger partial charge on any atom is 0.253 e. The molecule has 1 aliphatic rings. The molecule has 0 spiro atoms. The van der Waals surface area contributed by atoms with Crippen molar-refractivity contribution >= 4 is 34.9 Å². The fourth-order valence-electron chi connectivity index (χ4n) is 3.67. The number of hydrogen-bond acceptors (Lipinski definition) is 5. The highest BCUT2D eigenvalue weighted by atomic mass is 35.5. The summed E-state index contributed by atoms with van der Waals surface area (Å²) >= 11 is 7.52. The zero-order valence-corrected chi connectivity index (χ0v) is 17.3. The third-order valence-electron chi connectivity index (χ3n) is 5.16. The molecule has 2 aromatic carbocycles. The fraction of sp³-hybridized carbons (Fsp3) is 0.182. The minimum atomic E-state index is -0.285. The summed E-state index contributed by atoms with van der Waals surface area (Å²) in [6.07, 6.45) is 2.70. The van der Waals surface area contributed by atoms with E-state index in [0.29, 0.717) is 45.8 Å². The van der Waals surface area contributed by atoms with Crippen LogP contribution in [0.15, 0.2) is 59.9 Å². The van der Waals surface area contributed by atoms with Gasteiger partial charge in [-0.2, -0.15) is 4.98 Å². The number of carbonyl (C=O) groups is 1. The maximum atomic E-state index is 13.2. The number of nitrogens with zero attached hydrogens (tertiary/aromatic N) is 4. The van der Waals surface area contributed by atoms with Crippen molar-refractivity contribution in [3.8, 4) is 0 Å². The Kier molecular flexibility index (Phi) is 5.00. The topological polar surface area (TPSA) is 60.2 Å². The molecule has 0 unspecified atom stereocenters. The minimum absolute atomic E-state index is 0.0138. The van der Waals surface area contributed by atoms with Gasteiger partial charge in [-0.15, -0.1) is 5.10 Å². The van der Waals surface area contributed by atoms with Gasteiger partial charge in [-0.25, -0.2) is 13.9 Å². The van der Waals surface area contributed by atoms with Crippen LogP contribution in [0.2, 0.25) is 5.02 Å². The monoisotopic (exact) mass is 438 g/mol. The molecule has 0 saturated heterocycles. The quantitative estimate of drug-likeness (QED) is 0.414. The summed E-state index contributed by atoms with van der Waals surface area (Å²) in [6, 6.07) is 14.0. The number of Topliss-reactive ketones (excluding diaryl/α,β-unsaturated/α-hetero) is 1. The third-order valence-corrected chi connectivity index (χ3v) is 6.31. The van der Waals surface area contributed by atoms with Crippen molar-refractivity contribution in [3.05, 3.63) is 88.0 Å². The van der Waals surface area contributed by atoms with E-state index in [1.165, 1.54) is 23.9 Å². The van der Waals surface area contributed by atoms with E-state index in [0.717, 1.165) is 11.1 Å². The Morgan fingerprint density at radius 3 is 2.77 bits per heavy atom. The molecule has 1 atom stereocenters. The number of ketones is 1. The highest BCUT2D eigenvalue weighted by Crippen LogP contribution is 2.32. The minimum Gasteiger partial charge on any atom is -0.294 e. The molecule has 0 amide bonds. The Labute approximate surface area is 181 Å². The summed E-state index contributed by atoms with van der Waals surface area (Å²) in [7, 11) is 0. The van der Waals surface area contributed by atoms with Gasteiger partial charge in [-0.3, -0.25) is 4.79 Å². The van der Waals surface area contributed by atoms with Gasteiger partial charge in [0.1, 0.15) is 5.82 Å². The summed E-state index contributed by atoms with van der Waals surface area (Å²) < 4.78 is 14.8. The van der Waals surface area contributed by atoms with Crippen LogP contribution in [0, 0.1) is 5.82 Å². The number of fused-ring (bicyclic) bond motifs is 2. The highest BCUT2D eigenvalue weighted by Gasteiger charge is 2.28. The molecule has 8 heteroatoms. The summed E-state index contributed by atoms with van der Waals surface area (Å²) in [4.78, 5) is 21.8. The van der Waals surface area contributed by atoms with Gasteiger partial charge >= 0.3 is 0 Å². The molecule has 1 aliphatic carbocycles. The van der Waals surface area contributed by atoms with Crippen molar-refractivity contribution in [2.75, 3.05) is 0 Å². The standard InChI is InChI=1S/C22H16ClFN4OS/c23-16-3-1-2-13(8-16)12-30-22-26-21-25-19-9-15(14-4-6-17(24)7-5-14)10-20(29)18(19)11-28(21)27-22/h1-8,11,15H,9-10,12H2/t15-/m1/s1. The van der Waals surface area contributed by atoms with Crippen molar-refractivity contribution in [2.45, 2.75) is 29.7 Å². The molecule has 0 aliphatic heterocycles. The molecule has 5 nitrogen and oxygen atoms in total. The molecule has 150 valence electrons. The second-order valence-electron chi connectivity index (χ2n) is 7.24. The molecule has 4 aromatic rings. The van der Waals surface area contributed by atoms with Crippen LogP contribution < -0.4 is 0 Å². The average Bonchev–Trinajstić information content (AvgIpc) is 3.13. The Hall–Kier alpha value is -2.77. The lowest BCUT2D eigenvalue weighted by Crippen LogP contribution is -2.21. The van der Waals surface area contributed by atoms with Crippen molar-refractivity contribution in [3.63, 3.8) is 0 Å². The van der Waals surface area contributed by atoms with Gasteiger partial charge in [-0.1, -0.05) is 47.6 Å². The van der Waals surface area contributed by atoms with Crippen LogP contribution in [0.5, 0.6) is 0 Å². The van der Waals surface area contributed by atoms with Crippen LogP contribution in [-0.4, -0.2) is 25.4 Å². The molecule has 0 bridgehead atoms. The van der Waals surface area contributed by atoms with Crippen LogP contribution in [-0.2, 0) is 12.2 Å². The van der Waals surface area contributed by atoms with E-state index in [4.69, 9.17) is 11.6 Å². The molecular weight excluding hydrogens is 423 g/mol. The lowest BCUT2D eigenvalue weighted by molar-refractivity contribution is 0.0962. The number of benzene rings is 2. The number of halogens is 2. The van der Waals surface area contributed by atoms with Gasteiger partial charge in [0.25, 0.3) is 5.78 Å². The first-order chi connectivity index (χ1) is 14.5. The molecule has 0 fully saturated rings. The first-order valence-corrected chi connectivity index (χ1v) is 10.8. The van der Waals surface area contributed by atoms with Gasteiger partial charge < -0.3 is 0 Å². The third kappa shape index (κ3) is 3.82. The van der Waals surface area contributed by atoms with Crippen LogP contribution in [0.4, 0.5) is 4.39 Å². The molecule has 2 heterocycles. The van der Waals surface area contributed by atoms with E-state index in [9.17, 15) is 9.18 Å². The second-order valence-corrected chi connectivity index (χ2v) is 8.62. The molecule has 0 N–H and O–H groups in total. The summed E-state index contributed by atoms with van der Waals surface area (Å²) in [5.74, 6) is 0.869. The van der Waals surface area contributed by atoms with Crippen LogP contribution in [0.3, 0.4) is 0 Å². The Balaban J connectivity index is 1.40.